The minimum atomic E-state index is -0.344. The number of hydrogen-bond donors (Lipinski definition) is 3. The first-order valence-electron chi connectivity index (χ1n) is 12.8. The number of nitrogens with zero attached hydrogens (tertiary/aromatic N) is 2. The quantitative estimate of drug-likeness (QED) is 0.351. The van der Waals surface area contributed by atoms with E-state index in [1.54, 1.807) is 17.2 Å². The molecule has 2 aliphatic rings. The Morgan fingerprint density at radius 1 is 1.21 bits per heavy atom. The number of carbonyl (C=O) groups excluding carboxylic acids is 3. The molecule has 3 heterocycles. The zero-order valence-electron chi connectivity index (χ0n) is 21.7. The monoisotopic (exact) mass is 533 g/mol. The summed E-state index contributed by atoms with van der Waals surface area (Å²) in [6, 6.07) is 6.99. The fourth-order valence-electron chi connectivity index (χ4n) is 5.17. The summed E-state index contributed by atoms with van der Waals surface area (Å²) < 4.78 is 5.80. The maximum Gasteiger partial charge on any atom is 0.331 e. The number of aromatic nitrogens is 1. The van der Waals surface area contributed by atoms with E-state index in [9.17, 15) is 14.4 Å². The van der Waals surface area contributed by atoms with E-state index in [2.05, 4.69) is 27.5 Å². The Kier molecular flexibility index (Phi) is 7.07. The van der Waals surface area contributed by atoms with Crippen LogP contribution in [-0.2, 0) is 4.79 Å². The Bertz CT molecular complexity index is 1430. The fraction of sp³-hybridized carbons (Fsp3) is 0.357. The first-order valence-corrected chi connectivity index (χ1v) is 13.6. The lowest BCUT2D eigenvalue weighted by Gasteiger charge is -2.31. The summed E-state index contributed by atoms with van der Waals surface area (Å²) in [6.45, 7) is 9.37. The molecule has 0 spiro atoms. The van der Waals surface area contributed by atoms with Gasteiger partial charge in [-0.05, 0) is 82.4 Å². The summed E-state index contributed by atoms with van der Waals surface area (Å²) in [5.41, 5.74) is 2.77. The normalized spacial score (nSPS) is 18.7. The number of pyridine rings is 1. The van der Waals surface area contributed by atoms with Crippen LogP contribution in [0.1, 0.15) is 54.8 Å². The summed E-state index contributed by atoms with van der Waals surface area (Å²) in [5, 5.41) is 9.73. The highest BCUT2D eigenvalue weighted by Crippen LogP contribution is 2.46. The number of urea groups is 1. The molecule has 1 saturated carbocycles. The molecule has 0 saturated heterocycles. The largest absolute Gasteiger partial charge is 0.491 e. The zero-order valence-corrected chi connectivity index (χ0v) is 22.5. The number of carbonyl (C=O) groups is 3. The number of amides is 4. The lowest BCUT2D eigenvalue weighted by molar-refractivity contribution is -0.117. The van der Waals surface area contributed by atoms with Crippen LogP contribution in [0, 0.1) is 6.92 Å². The van der Waals surface area contributed by atoms with E-state index >= 15 is 0 Å². The molecule has 1 aromatic carbocycles. The predicted molar refractivity (Wildman–Crippen MR) is 150 cm³/mol. The van der Waals surface area contributed by atoms with Gasteiger partial charge in [0.1, 0.15) is 15.5 Å². The molecule has 3 N–H and O–H groups in total. The van der Waals surface area contributed by atoms with Crippen LogP contribution in [0.4, 0.5) is 21.9 Å². The van der Waals surface area contributed by atoms with Gasteiger partial charge in [-0.3, -0.25) is 14.5 Å². The van der Waals surface area contributed by atoms with Crippen molar-refractivity contribution >= 4 is 56.5 Å². The summed E-state index contributed by atoms with van der Waals surface area (Å²) in [5.74, 6) is 0.275. The highest BCUT2D eigenvalue weighted by Gasteiger charge is 2.34. The number of benzene rings is 1. The first-order chi connectivity index (χ1) is 18.2. The number of rotatable bonds is 7. The van der Waals surface area contributed by atoms with Crippen LogP contribution in [0.25, 0.3) is 10.2 Å². The van der Waals surface area contributed by atoms with Crippen molar-refractivity contribution in [3.63, 3.8) is 0 Å². The average molecular weight is 534 g/mol. The van der Waals surface area contributed by atoms with Crippen molar-refractivity contribution < 1.29 is 19.1 Å². The van der Waals surface area contributed by atoms with E-state index in [1.165, 1.54) is 17.4 Å². The van der Waals surface area contributed by atoms with Crippen LogP contribution in [0.3, 0.4) is 0 Å². The molecule has 2 aromatic heterocycles. The van der Waals surface area contributed by atoms with Gasteiger partial charge in [-0.15, -0.1) is 11.3 Å². The van der Waals surface area contributed by atoms with E-state index in [-0.39, 0.29) is 36.0 Å². The number of thiophene rings is 1. The van der Waals surface area contributed by atoms with Gasteiger partial charge in [-0.25, -0.2) is 9.78 Å². The van der Waals surface area contributed by atoms with Crippen LogP contribution in [0.15, 0.2) is 43.1 Å². The molecule has 5 rings (SSSR count). The molecule has 3 aromatic rings. The van der Waals surface area contributed by atoms with Crippen LogP contribution in [-0.4, -0.2) is 41.0 Å². The topological polar surface area (TPSA) is 113 Å². The summed E-state index contributed by atoms with van der Waals surface area (Å²) in [4.78, 5) is 45.8. The van der Waals surface area contributed by atoms with Crippen LogP contribution in [0.5, 0.6) is 5.75 Å². The van der Waals surface area contributed by atoms with Gasteiger partial charge >= 0.3 is 6.03 Å². The van der Waals surface area contributed by atoms with Gasteiger partial charge in [0.25, 0.3) is 5.91 Å². The third-order valence-corrected chi connectivity index (χ3v) is 7.87. The number of anilines is 3. The number of hydrogen-bond acceptors (Lipinski definition) is 6. The molecule has 1 aliphatic heterocycles. The highest BCUT2D eigenvalue weighted by atomic mass is 32.1. The van der Waals surface area contributed by atoms with E-state index in [4.69, 9.17) is 4.74 Å². The molecule has 1 aliphatic carbocycles. The van der Waals surface area contributed by atoms with Crippen molar-refractivity contribution in [3.05, 3.63) is 53.6 Å². The molecular weight excluding hydrogens is 502 g/mol. The molecule has 0 radical (unpaired) electrons. The minimum Gasteiger partial charge on any atom is -0.491 e. The first kappa shape index (κ1) is 25.7. The molecule has 38 heavy (non-hydrogen) atoms. The summed E-state index contributed by atoms with van der Waals surface area (Å²) in [6.07, 6.45) is 6.19. The Hall–Kier alpha value is -3.92. The second-order valence-electron chi connectivity index (χ2n) is 9.94. The summed E-state index contributed by atoms with van der Waals surface area (Å²) in [7, 11) is 0. The summed E-state index contributed by atoms with van der Waals surface area (Å²) >= 11 is 1.26. The highest BCUT2D eigenvalue weighted by molar-refractivity contribution is 7.21. The van der Waals surface area contributed by atoms with Crippen molar-refractivity contribution in [2.45, 2.75) is 64.6 Å². The fourth-order valence-corrected chi connectivity index (χ4v) is 6.19. The number of nitrogens with one attached hydrogen (secondary N) is 3. The van der Waals surface area contributed by atoms with E-state index in [1.807, 2.05) is 39.0 Å². The predicted octanol–water partition coefficient (Wildman–Crippen LogP) is 5.42. The van der Waals surface area contributed by atoms with Crippen molar-refractivity contribution in [3.8, 4) is 5.75 Å². The Balaban J connectivity index is 1.43. The minimum absolute atomic E-state index is 0.0117. The Morgan fingerprint density at radius 2 is 1.97 bits per heavy atom. The average Bonchev–Trinajstić information content (AvgIpc) is 3.24. The SMILES string of the molecule is C=CC(=O)N[C@H]1CCC[C@@H](NC(=O)c2sc3nccc4c3c2NC(=O)N4c2ccc(OC(C)C)cc2C)C1. The molecule has 1 fully saturated rings. The van der Waals surface area contributed by atoms with Crippen molar-refractivity contribution in [2.75, 3.05) is 10.2 Å². The van der Waals surface area contributed by atoms with Gasteiger partial charge < -0.3 is 20.7 Å². The second-order valence-corrected chi connectivity index (χ2v) is 10.9. The Labute approximate surface area is 225 Å². The Morgan fingerprint density at radius 3 is 2.68 bits per heavy atom. The zero-order chi connectivity index (χ0) is 27.0. The van der Waals surface area contributed by atoms with Crippen molar-refractivity contribution in [2.24, 2.45) is 0 Å². The molecule has 0 unspecified atom stereocenters. The van der Waals surface area contributed by atoms with Gasteiger partial charge in [-0.2, -0.15) is 0 Å². The second kappa shape index (κ2) is 10.4. The number of ether oxygens (including phenoxy) is 1. The molecule has 4 amide bonds. The molecule has 198 valence electrons. The molecular formula is C28H31N5O4S. The molecule has 0 bridgehead atoms. The van der Waals surface area contributed by atoms with Gasteiger partial charge in [0.2, 0.25) is 5.91 Å². The van der Waals surface area contributed by atoms with Crippen LogP contribution < -0.4 is 25.6 Å². The van der Waals surface area contributed by atoms with Crippen molar-refractivity contribution in [1.82, 2.24) is 15.6 Å². The lowest BCUT2D eigenvalue weighted by Crippen LogP contribution is -2.45. The molecule has 10 heteroatoms. The molecule has 9 nitrogen and oxygen atoms in total. The van der Waals surface area contributed by atoms with Crippen LogP contribution in [0.2, 0.25) is 0 Å². The third-order valence-electron chi connectivity index (χ3n) is 6.77. The van der Waals surface area contributed by atoms with E-state index in [0.717, 1.165) is 41.6 Å². The van der Waals surface area contributed by atoms with E-state index < -0.39 is 0 Å². The number of aryl methyl sites for hydroxylation is 1. The van der Waals surface area contributed by atoms with E-state index in [0.29, 0.717) is 27.5 Å². The van der Waals surface area contributed by atoms with Crippen molar-refractivity contribution in [1.29, 1.82) is 0 Å². The third kappa shape index (κ3) is 4.96. The lowest BCUT2D eigenvalue weighted by atomic mass is 9.91. The van der Waals surface area contributed by atoms with Crippen LogP contribution >= 0.6 is 11.3 Å². The maximum atomic E-state index is 13.4. The maximum absolute atomic E-state index is 13.4. The van der Waals surface area contributed by atoms with Gasteiger partial charge in [0.15, 0.2) is 0 Å². The van der Waals surface area contributed by atoms with Gasteiger partial charge in [0, 0.05) is 18.3 Å². The van der Waals surface area contributed by atoms with Gasteiger partial charge in [0.05, 0.1) is 28.6 Å². The smallest absolute Gasteiger partial charge is 0.331 e. The molecule has 2 atom stereocenters. The van der Waals surface area contributed by atoms with Gasteiger partial charge in [-0.1, -0.05) is 6.58 Å². The standard InChI is InChI=1S/C28H31N5O4S/c1-5-22(34)30-17-7-6-8-18(14-17)31-26(35)25-24-23-21(11-12-29-27(23)38-25)33(28(36)32-24)20-10-9-19(13-16(20)4)37-15(2)3/h5,9-13,15,17-18H,1,6-8,14H2,2-4H3,(H,30,34)(H,31,35)(H,32,36)/t17-,18+/m0/s1.